The van der Waals surface area contributed by atoms with E-state index >= 15 is 0 Å². The predicted molar refractivity (Wildman–Crippen MR) is 141 cm³/mol. The molecule has 0 saturated heterocycles. The van der Waals surface area contributed by atoms with Crippen molar-refractivity contribution in [2.24, 2.45) is 11.7 Å². The van der Waals surface area contributed by atoms with E-state index in [0.717, 1.165) is 36.2 Å². The summed E-state index contributed by atoms with van der Waals surface area (Å²) in [5, 5.41) is 0. The second-order valence-electron chi connectivity index (χ2n) is 9.74. The van der Waals surface area contributed by atoms with E-state index in [9.17, 15) is 9.59 Å². The fourth-order valence-corrected chi connectivity index (χ4v) is 5.99. The van der Waals surface area contributed by atoms with Gasteiger partial charge in [-0.15, -0.1) is 0 Å². The number of para-hydroxylation sites is 1. The molecule has 1 heterocycles. The molecule has 1 amide bonds. The number of imidazole rings is 1. The van der Waals surface area contributed by atoms with E-state index in [1.807, 2.05) is 103 Å². The van der Waals surface area contributed by atoms with Crippen LogP contribution in [0.2, 0.25) is 0 Å². The average molecular weight is 495 g/mol. The molecule has 37 heavy (non-hydrogen) atoms. The zero-order valence-electron chi connectivity index (χ0n) is 21.0. The Balaban J connectivity index is 1.40. The third-order valence-corrected chi connectivity index (χ3v) is 7.73. The van der Waals surface area contributed by atoms with Crippen molar-refractivity contribution in [3.05, 3.63) is 120 Å². The molecule has 4 aromatic rings. The van der Waals surface area contributed by atoms with Crippen LogP contribution in [0.5, 0.6) is 5.75 Å². The third kappa shape index (κ3) is 4.67. The summed E-state index contributed by atoms with van der Waals surface area (Å²) < 4.78 is 9.60. The average Bonchev–Trinajstić information content (AvgIpc) is 3.53. The Morgan fingerprint density at radius 3 is 2.05 bits per heavy atom. The summed E-state index contributed by atoms with van der Waals surface area (Å²) in [6.07, 6.45) is 6.53. The molecule has 1 aliphatic rings. The van der Waals surface area contributed by atoms with E-state index in [1.54, 1.807) is 12.1 Å². The first-order valence-electron chi connectivity index (χ1n) is 12.7. The van der Waals surface area contributed by atoms with Gasteiger partial charge in [-0.1, -0.05) is 78.9 Å². The molecule has 6 nitrogen and oxygen atoms in total. The Labute approximate surface area is 217 Å². The number of primary amides is 1. The summed E-state index contributed by atoms with van der Waals surface area (Å²) >= 11 is 0. The van der Waals surface area contributed by atoms with Crippen LogP contribution in [0.1, 0.15) is 42.3 Å². The lowest BCUT2D eigenvalue weighted by Gasteiger charge is -2.37. The van der Waals surface area contributed by atoms with Crippen molar-refractivity contribution in [2.45, 2.75) is 44.2 Å². The minimum absolute atomic E-state index is 0.0399. The first kappa shape index (κ1) is 24.5. The van der Waals surface area contributed by atoms with Crippen LogP contribution in [0.3, 0.4) is 0 Å². The summed E-state index contributed by atoms with van der Waals surface area (Å²) in [7, 11) is 0. The van der Waals surface area contributed by atoms with E-state index in [0.29, 0.717) is 5.75 Å². The monoisotopic (exact) mass is 494 g/mol. The first-order chi connectivity index (χ1) is 18.0. The largest absolute Gasteiger partial charge is 0.424 e. The number of amides is 1. The van der Waals surface area contributed by atoms with Crippen LogP contribution in [0, 0.1) is 12.8 Å². The Bertz CT molecular complexity index is 1330. The lowest BCUT2D eigenvalue weighted by atomic mass is 9.64. The van der Waals surface area contributed by atoms with Crippen molar-refractivity contribution in [2.75, 3.05) is 0 Å². The molecule has 0 aliphatic heterocycles. The SMILES string of the molecule is Cc1n(C2CCC(C(C(N)=O)(c3ccccc3)c3ccccc3)C2)cc[n+]1CC(=O)Oc1ccccc1. The number of rotatable bonds is 8. The molecule has 2 N–H and O–H groups in total. The fourth-order valence-electron chi connectivity index (χ4n) is 5.99. The lowest BCUT2D eigenvalue weighted by molar-refractivity contribution is -0.691. The van der Waals surface area contributed by atoms with Crippen LogP contribution in [0.4, 0.5) is 0 Å². The van der Waals surface area contributed by atoms with Crippen LogP contribution in [-0.2, 0) is 21.5 Å². The summed E-state index contributed by atoms with van der Waals surface area (Å²) in [6, 6.07) is 29.1. The highest BCUT2D eigenvalue weighted by Gasteiger charge is 2.51. The van der Waals surface area contributed by atoms with E-state index in [2.05, 4.69) is 4.57 Å². The molecule has 2 atom stereocenters. The van der Waals surface area contributed by atoms with Crippen LogP contribution in [-0.4, -0.2) is 16.4 Å². The van der Waals surface area contributed by atoms with E-state index in [-0.39, 0.29) is 30.4 Å². The van der Waals surface area contributed by atoms with Gasteiger partial charge in [0.15, 0.2) is 6.54 Å². The molecule has 2 unspecified atom stereocenters. The summed E-state index contributed by atoms with van der Waals surface area (Å²) in [6.45, 7) is 2.14. The lowest BCUT2D eigenvalue weighted by Crippen LogP contribution is -2.47. The second kappa shape index (κ2) is 10.4. The molecular formula is C31H32N3O3+. The zero-order valence-corrected chi connectivity index (χ0v) is 21.0. The molecule has 1 aliphatic carbocycles. The molecule has 3 aromatic carbocycles. The molecule has 0 spiro atoms. The highest BCUT2D eigenvalue weighted by atomic mass is 16.5. The van der Waals surface area contributed by atoms with Crippen LogP contribution < -0.4 is 15.0 Å². The molecule has 1 aromatic heterocycles. The summed E-state index contributed by atoms with van der Waals surface area (Å²) in [4.78, 5) is 25.9. The van der Waals surface area contributed by atoms with Gasteiger partial charge in [-0.05, 0) is 48.4 Å². The number of hydrogen-bond donors (Lipinski definition) is 1. The number of aromatic nitrogens is 2. The maximum Gasteiger partial charge on any atom is 0.353 e. The molecule has 1 fully saturated rings. The Morgan fingerprint density at radius 1 is 0.919 bits per heavy atom. The van der Waals surface area contributed by atoms with Gasteiger partial charge in [0, 0.05) is 6.92 Å². The van der Waals surface area contributed by atoms with Gasteiger partial charge in [0.25, 0.3) is 5.82 Å². The molecule has 0 radical (unpaired) electrons. The van der Waals surface area contributed by atoms with Crippen LogP contribution in [0.15, 0.2) is 103 Å². The Morgan fingerprint density at radius 2 is 1.49 bits per heavy atom. The van der Waals surface area contributed by atoms with Gasteiger partial charge in [-0.3, -0.25) is 4.79 Å². The van der Waals surface area contributed by atoms with Crippen LogP contribution >= 0.6 is 0 Å². The van der Waals surface area contributed by atoms with E-state index in [1.165, 1.54) is 0 Å². The van der Waals surface area contributed by atoms with Gasteiger partial charge in [-0.2, -0.15) is 0 Å². The van der Waals surface area contributed by atoms with Gasteiger partial charge in [0.05, 0.1) is 0 Å². The quantitative estimate of drug-likeness (QED) is 0.223. The number of carbonyl (C=O) groups is 2. The number of carbonyl (C=O) groups excluding carboxylic acids is 2. The van der Waals surface area contributed by atoms with Crippen molar-refractivity contribution in [1.29, 1.82) is 0 Å². The van der Waals surface area contributed by atoms with Gasteiger partial charge in [0.1, 0.15) is 29.6 Å². The van der Waals surface area contributed by atoms with E-state index in [4.69, 9.17) is 10.5 Å². The molecular weight excluding hydrogens is 462 g/mol. The number of hydrogen-bond acceptors (Lipinski definition) is 3. The van der Waals surface area contributed by atoms with Crippen molar-refractivity contribution in [1.82, 2.24) is 4.57 Å². The topological polar surface area (TPSA) is 78.2 Å². The minimum Gasteiger partial charge on any atom is -0.424 e. The number of nitrogens with zero attached hydrogens (tertiary/aromatic N) is 2. The van der Waals surface area contributed by atoms with E-state index < -0.39 is 5.41 Å². The maximum atomic E-state index is 13.4. The Kier molecular flexibility index (Phi) is 6.91. The standard InChI is InChI=1S/C31H31N3O3/c1-23-33(22-29(35)37-28-15-9-4-10-16-28)19-20-34(23)27-18-17-26(21-27)31(30(32)36,24-11-5-2-6-12-24)25-13-7-3-8-14-25/h2-16,19-20,26-27H,17-18,21-22H2,1H3,(H-,32,36)/p+1. The molecule has 188 valence electrons. The van der Waals surface area contributed by atoms with Crippen LogP contribution in [0.25, 0.3) is 0 Å². The number of benzene rings is 3. The normalized spacial score (nSPS) is 17.4. The molecule has 6 heteroatoms. The smallest absolute Gasteiger partial charge is 0.353 e. The van der Waals surface area contributed by atoms with Crippen molar-refractivity contribution in [3.8, 4) is 5.75 Å². The van der Waals surface area contributed by atoms with Gasteiger partial charge in [-0.25, -0.2) is 13.9 Å². The minimum atomic E-state index is -0.909. The Hall–Kier alpha value is -4.19. The fraction of sp³-hybridized carbons (Fsp3) is 0.258. The summed E-state index contributed by atoms with van der Waals surface area (Å²) in [5.41, 5.74) is 7.21. The highest BCUT2D eigenvalue weighted by Crippen LogP contribution is 2.49. The van der Waals surface area contributed by atoms with Crippen molar-refractivity contribution in [3.63, 3.8) is 0 Å². The number of nitrogens with two attached hydrogens (primary N) is 1. The molecule has 0 bridgehead atoms. The van der Waals surface area contributed by atoms with Gasteiger partial charge >= 0.3 is 5.97 Å². The predicted octanol–water partition coefficient (Wildman–Crippen LogP) is 4.50. The van der Waals surface area contributed by atoms with Crippen molar-refractivity contribution >= 4 is 11.9 Å². The second-order valence-corrected chi connectivity index (χ2v) is 9.74. The number of esters is 1. The highest BCUT2D eigenvalue weighted by molar-refractivity contribution is 5.91. The molecule has 5 rings (SSSR count). The number of ether oxygens (including phenoxy) is 1. The zero-order chi connectivity index (χ0) is 25.8. The summed E-state index contributed by atoms with van der Waals surface area (Å²) in [5.74, 6) is 0.909. The third-order valence-electron chi connectivity index (χ3n) is 7.73. The van der Waals surface area contributed by atoms with Crippen molar-refractivity contribution < 1.29 is 18.9 Å². The molecule has 1 saturated carbocycles. The maximum absolute atomic E-state index is 13.4. The first-order valence-corrected chi connectivity index (χ1v) is 12.7. The van der Waals surface area contributed by atoms with Gasteiger partial charge in [0.2, 0.25) is 5.91 Å². The van der Waals surface area contributed by atoms with Gasteiger partial charge < -0.3 is 10.5 Å².